The van der Waals surface area contributed by atoms with E-state index in [4.69, 9.17) is 16.9 Å². The normalized spacial score (nSPS) is 10.1. The van der Waals surface area contributed by atoms with Crippen molar-refractivity contribution in [2.45, 2.75) is 0 Å². The molecule has 0 atom stereocenters. The molecule has 0 saturated carbocycles. The van der Waals surface area contributed by atoms with Gasteiger partial charge < -0.3 is 5.32 Å². The highest BCUT2D eigenvalue weighted by atomic mass is 35.5. The summed E-state index contributed by atoms with van der Waals surface area (Å²) >= 11 is 5.88. The maximum atomic E-state index is 12.2. The minimum Gasteiger partial charge on any atom is -0.319 e. The molecule has 8 heteroatoms. The van der Waals surface area contributed by atoms with E-state index in [9.17, 15) is 4.79 Å². The number of hydrogen-bond acceptors (Lipinski definition) is 5. The van der Waals surface area contributed by atoms with Crippen LogP contribution >= 0.6 is 11.6 Å². The number of amides is 1. The van der Waals surface area contributed by atoms with Crippen molar-refractivity contribution in [3.8, 4) is 11.9 Å². The maximum absolute atomic E-state index is 12.2. The lowest BCUT2D eigenvalue weighted by Crippen LogP contribution is -2.15. The Labute approximate surface area is 136 Å². The number of halogens is 1. The summed E-state index contributed by atoms with van der Waals surface area (Å²) in [5.74, 6) is 0.0629. The van der Waals surface area contributed by atoms with Gasteiger partial charge in [-0.05, 0) is 30.3 Å². The van der Waals surface area contributed by atoms with Gasteiger partial charge in [0.15, 0.2) is 11.5 Å². The van der Waals surface area contributed by atoms with Crippen molar-refractivity contribution in [1.82, 2.24) is 19.7 Å². The number of anilines is 1. The van der Waals surface area contributed by atoms with Gasteiger partial charge in [-0.25, -0.2) is 4.98 Å². The Morgan fingerprint density at radius 2 is 2.13 bits per heavy atom. The number of imidazole rings is 1. The Kier molecular flexibility index (Phi) is 3.99. The van der Waals surface area contributed by atoms with Crippen LogP contribution in [0.5, 0.6) is 0 Å². The van der Waals surface area contributed by atoms with Crippen LogP contribution in [0.25, 0.3) is 5.82 Å². The predicted octanol–water partition coefficient (Wildman–Crippen LogP) is 2.44. The molecule has 1 N–H and O–H groups in total. The third-order valence-electron chi connectivity index (χ3n) is 3.00. The highest BCUT2D eigenvalue weighted by Crippen LogP contribution is 2.20. The van der Waals surface area contributed by atoms with Gasteiger partial charge in [-0.15, -0.1) is 10.2 Å². The Hall–Kier alpha value is -3.24. The summed E-state index contributed by atoms with van der Waals surface area (Å²) in [7, 11) is 0. The smallest absolute Gasteiger partial charge is 0.276 e. The van der Waals surface area contributed by atoms with Crippen molar-refractivity contribution < 1.29 is 4.79 Å². The van der Waals surface area contributed by atoms with Crippen LogP contribution < -0.4 is 5.32 Å². The molecule has 112 valence electrons. The summed E-state index contributed by atoms with van der Waals surface area (Å²) in [6.45, 7) is 0. The predicted molar refractivity (Wildman–Crippen MR) is 83.3 cm³/mol. The summed E-state index contributed by atoms with van der Waals surface area (Å²) in [5, 5.41) is 19.9. The Morgan fingerprint density at radius 1 is 1.26 bits per heavy atom. The number of carbonyl (C=O) groups excluding carboxylic acids is 1. The number of nitrogens with zero attached hydrogens (tertiary/aromatic N) is 5. The summed E-state index contributed by atoms with van der Waals surface area (Å²) < 4.78 is 1.67. The first-order valence-electron chi connectivity index (χ1n) is 6.50. The van der Waals surface area contributed by atoms with Crippen LogP contribution in [0.15, 0.2) is 49.1 Å². The van der Waals surface area contributed by atoms with E-state index in [0.29, 0.717) is 22.1 Å². The van der Waals surface area contributed by atoms with E-state index in [1.54, 1.807) is 35.4 Å². The SMILES string of the molecule is N#Cc1ccc(Cl)cc1NC(=O)c1ccc(-n2ccnc2)nn1. The molecule has 0 bridgehead atoms. The molecule has 7 nitrogen and oxygen atoms in total. The number of rotatable bonds is 3. The molecule has 3 aromatic rings. The van der Waals surface area contributed by atoms with Gasteiger partial charge in [-0.2, -0.15) is 5.26 Å². The molecule has 1 aromatic carbocycles. The highest BCUT2D eigenvalue weighted by Gasteiger charge is 2.12. The number of nitrogens with one attached hydrogen (secondary N) is 1. The number of aromatic nitrogens is 4. The van der Waals surface area contributed by atoms with Crippen molar-refractivity contribution >= 4 is 23.2 Å². The number of hydrogen-bond donors (Lipinski definition) is 1. The van der Waals surface area contributed by atoms with Gasteiger partial charge in [0.1, 0.15) is 12.4 Å². The van der Waals surface area contributed by atoms with E-state index in [-0.39, 0.29) is 5.69 Å². The van der Waals surface area contributed by atoms with Crippen LogP contribution in [0.4, 0.5) is 5.69 Å². The van der Waals surface area contributed by atoms with Crippen molar-refractivity contribution in [2.24, 2.45) is 0 Å². The summed E-state index contributed by atoms with van der Waals surface area (Å²) in [5.41, 5.74) is 0.758. The summed E-state index contributed by atoms with van der Waals surface area (Å²) in [4.78, 5) is 16.1. The van der Waals surface area contributed by atoms with E-state index in [2.05, 4.69) is 20.5 Å². The van der Waals surface area contributed by atoms with E-state index in [1.165, 1.54) is 18.2 Å². The molecule has 0 aliphatic carbocycles. The Balaban J connectivity index is 1.82. The van der Waals surface area contributed by atoms with Gasteiger partial charge in [-0.1, -0.05) is 11.6 Å². The van der Waals surface area contributed by atoms with Crippen molar-refractivity contribution in [3.05, 3.63) is 65.3 Å². The molecule has 0 aliphatic heterocycles. The third kappa shape index (κ3) is 3.17. The number of nitriles is 1. The molecule has 0 unspecified atom stereocenters. The van der Waals surface area contributed by atoms with E-state index in [0.717, 1.165) is 0 Å². The minimum atomic E-state index is -0.478. The molecule has 0 aliphatic rings. The molecule has 0 saturated heterocycles. The standard InChI is InChI=1S/C15H9ClN6O/c16-11-2-1-10(8-17)13(7-11)19-15(23)12-3-4-14(21-20-12)22-6-5-18-9-22/h1-7,9H,(H,19,23). The van der Waals surface area contributed by atoms with Gasteiger partial charge in [0.2, 0.25) is 0 Å². The first-order chi connectivity index (χ1) is 11.2. The number of benzene rings is 1. The lowest BCUT2D eigenvalue weighted by atomic mass is 10.2. The first kappa shape index (κ1) is 14.7. The molecule has 3 rings (SSSR count). The van der Waals surface area contributed by atoms with E-state index >= 15 is 0 Å². The van der Waals surface area contributed by atoms with Gasteiger partial charge in [0, 0.05) is 17.4 Å². The molecule has 23 heavy (non-hydrogen) atoms. The van der Waals surface area contributed by atoms with Crippen LogP contribution in [0, 0.1) is 11.3 Å². The molecule has 1 amide bonds. The maximum Gasteiger partial charge on any atom is 0.276 e. The van der Waals surface area contributed by atoms with Gasteiger partial charge >= 0.3 is 0 Å². The molecule has 0 spiro atoms. The molecule has 0 fully saturated rings. The monoisotopic (exact) mass is 324 g/mol. The minimum absolute atomic E-state index is 0.123. The van der Waals surface area contributed by atoms with Gasteiger partial charge in [0.25, 0.3) is 5.91 Å². The first-order valence-corrected chi connectivity index (χ1v) is 6.88. The zero-order chi connectivity index (χ0) is 16.2. The van der Waals surface area contributed by atoms with Gasteiger partial charge in [0.05, 0.1) is 11.3 Å². The Morgan fingerprint density at radius 3 is 2.78 bits per heavy atom. The van der Waals surface area contributed by atoms with Crippen LogP contribution in [0.1, 0.15) is 16.1 Å². The fraction of sp³-hybridized carbons (Fsp3) is 0. The van der Waals surface area contributed by atoms with E-state index in [1.807, 2.05) is 6.07 Å². The molecular weight excluding hydrogens is 316 g/mol. The average Bonchev–Trinajstić information content (AvgIpc) is 3.10. The van der Waals surface area contributed by atoms with Crippen molar-refractivity contribution in [3.63, 3.8) is 0 Å². The second-order valence-electron chi connectivity index (χ2n) is 4.50. The molecule has 2 heterocycles. The zero-order valence-electron chi connectivity index (χ0n) is 11.6. The average molecular weight is 325 g/mol. The topological polar surface area (TPSA) is 96.5 Å². The van der Waals surface area contributed by atoms with Crippen LogP contribution in [-0.4, -0.2) is 25.7 Å². The van der Waals surface area contributed by atoms with Gasteiger partial charge in [-0.3, -0.25) is 9.36 Å². The summed E-state index contributed by atoms with van der Waals surface area (Å²) in [6.07, 6.45) is 4.91. The largest absolute Gasteiger partial charge is 0.319 e. The van der Waals surface area contributed by atoms with Crippen molar-refractivity contribution in [1.29, 1.82) is 5.26 Å². The Bertz CT molecular complexity index is 883. The second kappa shape index (κ2) is 6.25. The van der Waals surface area contributed by atoms with Crippen LogP contribution in [0.2, 0.25) is 5.02 Å². The zero-order valence-corrected chi connectivity index (χ0v) is 12.4. The highest BCUT2D eigenvalue weighted by molar-refractivity contribution is 6.31. The van der Waals surface area contributed by atoms with Crippen LogP contribution in [-0.2, 0) is 0 Å². The second-order valence-corrected chi connectivity index (χ2v) is 4.94. The third-order valence-corrected chi connectivity index (χ3v) is 3.24. The quantitative estimate of drug-likeness (QED) is 0.798. The van der Waals surface area contributed by atoms with Crippen LogP contribution in [0.3, 0.4) is 0 Å². The fourth-order valence-electron chi connectivity index (χ4n) is 1.88. The molecule has 0 radical (unpaired) electrons. The lowest BCUT2D eigenvalue weighted by Gasteiger charge is -2.07. The molecule has 2 aromatic heterocycles. The van der Waals surface area contributed by atoms with Crippen molar-refractivity contribution in [2.75, 3.05) is 5.32 Å². The van der Waals surface area contributed by atoms with E-state index < -0.39 is 5.91 Å². The molecular formula is C15H9ClN6O. The number of carbonyl (C=O) groups is 1. The lowest BCUT2D eigenvalue weighted by molar-refractivity contribution is 0.102. The fourth-order valence-corrected chi connectivity index (χ4v) is 2.05. The summed E-state index contributed by atoms with van der Waals surface area (Å²) in [6, 6.07) is 9.79.